The molecule has 6 nitrogen and oxygen atoms in total. The van der Waals surface area contributed by atoms with Crippen LogP contribution in [-0.4, -0.2) is 46.4 Å². The van der Waals surface area contributed by atoms with E-state index in [0.717, 1.165) is 31.4 Å². The highest BCUT2D eigenvalue weighted by Crippen LogP contribution is 2.27. The number of nitrogens with two attached hydrogens (primary N) is 1. The molecule has 0 spiro atoms. The summed E-state index contributed by atoms with van der Waals surface area (Å²) in [5.74, 6) is 0.0680. The Bertz CT molecular complexity index is 841. The molecule has 2 amide bonds. The molecule has 1 aromatic heterocycles. The average Bonchev–Trinajstić information content (AvgIpc) is 2.78. The van der Waals surface area contributed by atoms with E-state index in [0.29, 0.717) is 25.4 Å². The predicted molar refractivity (Wildman–Crippen MR) is 122 cm³/mol. The maximum absolute atomic E-state index is 13.3. The number of benzene rings is 1. The van der Waals surface area contributed by atoms with E-state index < -0.39 is 11.6 Å². The fraction of sp³-hybridized carbons (Fsp3) is 0.480. The Balaban J connectivity index is 1.60. The Morgan fingerprint density at radius 2 is 1.81 bits per heavy atom. The number of rotatable bonds is 8. The molecule has 3 N–H and O–H groups in total. The number of likely N-dealkylation sites (tertiary alicyclic amines) is 1. The number of aromatic nitrogens is 1. The Kier molecular flexibility index (Phi) is 7.80. The van der Waals surface area contributed by atoms with Gasteiger partial charge >= 0.3 is 0 Å². The van der Waals surface area contributed by atoms with Gasteiger partial charge in [0.2, 0.25) is 11.8 Å². The molecule has 0 unspecified atom stereocenters. The van der Waals surface area contributed by atoms with Crippen molar-refractivity contribution in [1.82, 2.24) is 15.2 Å². The van der Waals surface area contributed by atoms with Crippen molar-refractivity contribution in [2.24, 2.45) is 5.73 Å². The molecule has 166 valence electrons. The van der Waals surface area contributed by atoms with Gasteiger partial charge in [0.1, 0.15) is 6.04 Å². The van der Waals surface area contributed by atoms with Crippen molar-refractivity contribution in [2.45, 2.75) is 63.5 Å². The highest BCUT2D eigenvalue weighted by Gasteiger charge is 2.32. The molecular weight excluding hydrogens is 388 g/mol. The normalized spacial score (nSPS) is 16.0. The maximum Gasteiger partial charge on any atom is 0.245 e. The van der Waals surface area contributed by atoms with Gasteiger partial charge in [-0.2, -0.15) is 0 Å². The summed E-state index contributed by atoms with van der Waals surface area (Å²) in [4.78, 5) is 32.2. The van der Waals surface area contributed by atoms with Crippen molar-refractivity contribution in [3.05, 3.63) is 66.0 Å². The van der Waals surface area contributed by atoms with Crippen molar-refractivity contribution in [1.29, 1.82) is 0 Å². The summed E-state index contributed by atoms with van der Waals surface area (Å²) in [5.41, 5.74) is 7.26. The Hall–Kier alpha value is -2.73. The van der Waals surface area contributed by atoms with Crippen LogP contribution in [0.2, 0.25) is 0 Å². The zero-order chi connectivity index (χ0) is 22.3. The summed E-state index contributed by atoms with van der Waals surface area (Å²) in [5, 5.41) is 2.92. The van der Waals surface area contributed by atoms with Gasteiger partial charge in [-0.3, -0.25) is 14.6 Å². The molecule has 0 bridgehead atoms. The summed E-state index contributed by atoms with van der Waals surface area (Å²) in [6.45, 7) is 4.67. The van der Waals surface area contributed by atoms with Crippen LogP contribution in [0.1, 0.15) is 56.7 Å². The number of amides is 2. The lowest BCUT2D eigenvalue weighted by Crippen LogP contribution is -2.57. The first-order valence-electron chi connectivity index (χ1n) is 11.2. The van der Waals surface area contributed by atoms with Crippen molar-refractivity contribution in [3.8, 4) is 0 Å². The third-order valence-corrected chi connectivity index (χ3v) is 5.90. The average molecular weight is 423 g/mol. The molecule has 1 saturated heterocycles. The standard InChI is InChI=1S/C25H34N4O2/c1-25(2,26)24(31)28-22(13-8-11-19-9-4-3-5-10-19)23(30)29-17-14-20(15-18-29)21-12-6-7-16-27-21/h3-7,9-10,12,16,20,22H,8,11,13-15,17-18,26H2,1-2H3,(H,28,31)/t22-/m1/s1. The molecule has 31 heavy (non-hydrogen) atoms. The number of carbonyl (C=O) groups is 2. The molecule has 1 aliphatic rings. The minimum atomic E-state index is -1.02. The monoisotopic (exact) mass is 422 g/mol. The van der Waals surface area contributed by atoms with Gasteiger partial charge in [0.25, 0.3) is 0 Å². The van der Waals surface area contributed by atoms with E-state index in [1.54, 1.807) is 13.8 Å². The molecule has 1 aliphatic heterocycles. The zero-order valence-corrected chi connectivity index (χ0v) is 18.6. The van der Waals surface area contributed by atoms with Crippen LogP contribution in [0.4, 0.5) is 0 Å². The van der Waals surface area contributed by atoms with Gasteiger partial charge in [-0.1, -0.05) is 36.4 Å². The van der Waals surface area contributed by atoms with E-state index in [4.69, 9.17) is 5.73 Å². The second-order valence-electron chi connectivity index (χ2n) is 8.98. The van der Waals surface area contributed by atoms with Crippen molar-refractivity contribution in [3.63, 3.8) is 0 Å². The smallest absolute Gasteiger partial charge is 0.245 e. The maximum atomic E-state index is 13.3. The van der Waals surface area contributed by atoms with E-state index in [-0.39, 0.29) is 11.8 Å². The second kappa shape index (κ2) is 10.5. The number of nitrogens with zero attached hydrogens (tertiary/aromatic N) is 2. The van der Waals surface area contributed by atoms with Crippen molar-refractivity contribution in [2.75, 3.05) is 13.1 Å². The number of aryl methyl sites for hydroxylation is 1. The van der Waals surface area contributed by atoms with E-state index in [2.05, 4.69) is 28.5 Å². The molecule has 1 atom stereocenters. The summed E-state index contributed by atoms with van der Waals surface area (Å²) in [6, 6.07) is 15.6. The van der Waals surface area contributed by atoms with Crippen molar-refractivity contribution >= 4 is 11.8 Å². The lowest BCUT2D eigenvalue weighted by atomic mass is 9.92. The molecule has 3 rings (SSSR count). The lowest BCUT2D eigenvalue weighted by Gasteiger charge is -2.35. The minimum absolute atomic E-state index is 0.00914. The van der Waals surface area contributed by atoms with Crippen LogP contribution in [0.25, 0.3) is 0 Å². The first-order chi connectivity index (χ1) is 14.8. The van der Waals surface area contributed by atoms with E-state index in [9.17, 15) is 9.59 Å². The molecule has 1 fully saturated rings. The number of pyridine rings is 1. The summed E-state index contributed by atoms with van der Waals surface area (Å²) in [7, 11) is 0. The van der Waals surface area contributed by atoms with Gasteiger partial charge in [-0.15, -0.1) is 0 Å². The largest absolute Gasteiger partial charge is 0.343 e. The van der Waals surface area contributed by atoms with Crippen LogP contribution < -0.4 is 11.1 Å². The van der Waals surface area contributed by atoms with Gasteiger partial charge in [-0.05, 0) is 63.6 Å². The number of carbonyl (C=O) groups excluding carboxylic acids is 2. The number of nitrogens with one attached hydrogen (secondary N) is 1. The fourth-order valence-electron chi connectivity index (χ4n) is 3.99. The molecule has 0 saturated carbocycles. The molecule has 1 aromatic carbocycles. The van der Waals surface area contributed by atoms with E-state index in [1.807, 2.05) is 41.4 Å². The van der Waals surface area contributed by atoms with Gasteiger partial charge in [0.05, 0.1) is 5.54 Å². The molecule has 0 aliphatic carbocycles. The Labute approximate surface area is 185 Å². The summed E-state index contributed by atoms with van der Waals surface area (Å²) < 4.78 is 0. The first-order valence-corrected chi connectivity index (χ1v) is 11.2. The minimum Gasteiger partial charge on any atom is -0.343 e. The zero-order valence-electron chi connectivity index (χ0n) is 18.6. The topological polar surface area (TPSA) is 88.3 Å². The SMILES string of the molecule is CC(C)(N)C(=O)N[C@H](CCCc1ccccc1)C(=O)N1CCC(c2ccccn2)CC1. The Morgan fingerprint density at radius 3 is 2.42 bits per heavy atom. The third kappa shape index (κ3) is 6.62. The third-order valence-electron chi connectivity index (χ3n) is 5.90. The number of hydrogen-bond acceptors (Lipinski definition) is 4. The fourth-order valence-corrected chi connectivity index (χ4v) is 3.99. The summed E-state index contributed by atoms with van der Waals surface area (Å²) >= 11 is 0. The van der Waals surface area contributed by atoms with Gasteiger partial charge in [0, 0.05) is 30.9 Å². The van der Waals surface area contributed by atoms with Crippen LogP contribution in [0.15, 0.2) is 54.7 Å². The van der Waals surface area contributed by atoms with Crippen molar-refractivity contribution < 1.29 is 9.59 Å². The molecule has 2 heterocycles. The van der Waals surface area contributed by atoms with Crippen LogP contribution >= 0.6 is 0 Å². The highest BCUT2D eigenvalue weighted by atomic mass is 16.2. The van der Waals surface area contributed by atoms with Gasteiger partial charge in [0.15, 0.2) is 0 Å². The van der Waals surface area contributed by atoms with E-state index in [1.165, 1.54) is 5.56 Å². The molecule has 6 heteroatoms. The lowest BCUT2D eigenvalue weighted by molar-refractivity contribution is -0.138. The quantitative estimate of drug-likeness (QED) is 0.684. The predicted octanol–water partition coefficient (Wildman–Crippen LogP) is 3.03. The van der Waals surface area contributed by atoms with Crippen LogP contribution in [0.5, 0.6) is 0 Å². The van der Waals surface area contributed by atoms with Crippen LogP contribution in [0.3, 0.4) is 0 Å². The van der Waals surface area contributed by atoms with Crippen LogP contribution in [0, 0.1) is 0 Å². The Morgan fingerprint density at radius 1 is 1.13 bits per heavy atom. The number of piperidine rings is 1. The first kappa shape index (κ1) is 22.9. The van der Waals surface area contributed by atoms with Crippen LogP contribution in [-0.2, 0) is 16.0 Å². The molecule has 0 radical (unpaired) electrons. The van der Waals surface area contributed by atoms with Gasteiger partial charge < -0.3 is 16.0 Å². The summed E-state index contributed by atoms with van der Waals surface area (Å²) in [6.07, 6.45) is 5.87. The van der Waals surface area contributed by atoms with Gasteiger partial charge in [-0.25, -0.2) is 0 Å². The molecular formula is C25H34N4O2. The number of hydrogen-bond donors (Lipinski definition) is 2. The highest BCUT2D eigenvalue weighted by molar-refractivity contribution is 5.91. The van der Waals surface area contributed by atoms with E-state index >= 15 is 0 Å². The molecule has 2 aromatic rings. The second-order valence-corrected chi connectivity index (χ2v) is 8.98.